The minimum Gasteiger partial charge on any atom is -0.394 e. The van der Waals surface area contributed by atoms with E-state index in [-0.39, 0.29) is 12.1 Å². The molecule has 0 aliphatic carbocycles. The van der Waals surface area contributed by atoms with E-state index in [1.54, 1.807) is 0 Å². The monoisotopic (exact) mass is 257 g/mol. The zero-order valence-corrected chi connectivity index (χ0v) is 10.7. The number of benzene rings is 1. The number of aliphatic hydroxyl groups excluding tert-OH is 1. The number of anilines is 1. The fraction of sp³-hybridized carbons (Fsp3) is 0.500. The van der Waals surface area contributed by atoms with Crippen molar-refractivity contribution in [2.45, 2.75) is 18.4 Å². The van der Waals surface area contributed by atoms with E-state index in [2.05, 4.69) is 5.32 Å². The fourth-order valence-corrected chi connectivity index (χ4v) is 3.32. The minimum absolute atomic E-state index is 0.140. The van der Waals surface area contributed by atoms with Crippen LogP contribution in [0.1, 0.15) is 12.8 Å². The Kier molecular flexibility index (Phi) is 4.00. The van der Waals surface area contributed by atoms with Gasteiger partial charge >= 0.3 is 0 Å². The molecule has 0 aromatic heterocycles. The summed E-state index contributed by atoms with van der Waals surface area (Å²) in [4.78, 5) is 0. The standard InChI is InChI=1S/C12H16ClNOS/c13-10-1-3-11(4-2-10)14-12(9-15)5-7-16-8-6-12/h1-4,14-15H,5-9H2. The number of hydrogen-bond donors (Lipinski definition) is 2. The highest BCUT2D eigenvalue weighted by molar-refractivity contribution is 7.99. The third kappa shape index (κ3) is 2.84. The summed E-state index contributed by atoms with van der Waals surface area (Å²) in [5.41, 5.74) is 0.893. The van der Waals surface area contributed by atoms with Crippen LogP contribution in [0.2, 0.25) is 5.02 Å². The predicted octanol–water partition coefficient (Wildman–Crippen LogP) is 3.01. The number of rotatable bonds is 3. The molecule has 1 aliphatic heterocycles. The molecule has 0 bridgehead atoms. The van der Waals surface area contributed by atoms with Crippen LogP contribution in [0.4, 0.5) is 5.69 Å². The van der Waals surface area contributed by atoms with Crippen LogP contribution in [0.25, 0.3) is 0 Å². The summed E-state index contributed by atoms with van der Waals surface area (Å²) < 4.78 is 0. The smallest absolute Gasteiger partial charge is 0.0662 e. The first-order valence-corrected chi connectivity index (χ1v) is 7.00. The van der Waals surface area contributed by atoms with Gasteiger partial charge in [0.1, 0.15) is 0 Å². The summed E-state index contributed by atoms with van der Waals surface area (Å²) in [6.45, 7) is 0.191. The van der Waals surface area contributed by atoms with Crippen molar-refractivity contribution in [3.05, 3.63) is 29.3 Å². The Morgan fingerprint density at radius 3 is 2.44 bits per heavy atom. The van der Waals surface area contributed by atoms with Crippen molar-refractivity contribution in [1.29, 1.82) is 0 Å². The highest BCUT2D eigenvalue weighted by Crippen LogP contribution is 2.30. The number of nitrogens with one attached hydrogen (secondary N) is 1. The van der Waals surface area contributed by atoms with Gasteiger partial charge in [-0.2, -0.15) is 11.8 Å². The van der Waals surface area contributed by atoms with E-state index in [0.717, 1.165) is 35.1 Å². The van der Waals surface area contributed by atoms with Gasteiger partial charge in [0, 0.05) is 10.7 Å². The molecule has 16 heavy (non-hydrogen) atoms. The highest BCUT2D eigenvalue weighted by Gasteiger charge is 2.31. The van der Waals surface area contributed by atoms with E-state index < -0.39 is 0 Å². The predicted molar refractivity (Wildman–Crippen MR) is 71.5 cm³/mol. The lowest BCUT2D eigenvalue weighted by molar-refractivity contribution is 0.202. The van der Waals surface area contributed by atoms with Crippen LogP contribution >= 0.6 is 23.4 Å². The van der Waals surface area contributed by atoms with Gasteiger partial charge in [0.2, 0.25) is 0 Å². The first-order valence-electron chi connectivity index (χ1n) is 5.46. The quantitative estimate of drug-likeness (QED) is 0.873. The van der Waals surface area contributed by atoms with Crippen LogP contribution in [0.5, 0.6) is 0 Å². The molecule has 1 fully saturated rings. The summed E-state index contributed by atoms with van der Waals surface area (Å²) in [5.74, 6) is 2.22. The van der Waals surface area contributed by atoms with E-state index in [1.807, 2.05) is 36.0 Å². The molecule has 0 spiro atoms. The van der Waals surface area contributed by atoms with Crippen LogP contribution in [0.15, 0.2) is 24.3 Å². The van der Waals surface area contributed by atoms with Gasteiger partial charge < -0.3 is 10.4 Å². The van der Waals surface area contributed by atoms with Crippen molar-refractivity contribution < 1.29 is 5.11 Å². The summed E-state index contributed by atoms with van der Waals surface area (Å²) >= 11 is 7.80. The van der Waals surface area contributed by atoms with Crippen LogP contribution in [-0.4, -0.2) is 28.8 Å². The van der Waals surface area contributed by atoms with Gasteiger partial charge in [-0.1, -0.05) is 11.6 Å². The van der Waals surface area contributed by atoms with Crippen molar-refractivity contribution in [2.24, 2.45) is 0 Å². The van der Waals surface area contributed by atoms with E-state index in [1.165, 1.54) is 0 Å². The summed E-state index contributed by atoms with van der Waals surface area (Å²) in [6.07, 6.45) is 2.02. The Labute approximate surface area is 105 Å². The Balaban J connectivity index is 2.08. The molecular formula is C12H16ClNOS. The van der Waals surface area contributed by atoms with Crippen molar-refractivity contribution in [1.82, 2.24) is 0 Å². The van der Waals surface area contributed by atoms with E-state index in [9.17, 15) is 5.11 Å². The topological polar surface area (TPSA) is 32.3 Å². The Morgan fingerprint density at radius 2 is 1.88 bits per heavy atom. The maximum atomic E-state index is 9.56. The average Bonchev–Trinajstić information content (AvgIpc) is 2.33. The first-order chi connectivity index (χ1) is 7.74. The van der Waals surface area contributed by atoms with Gasteiger partial charge in [-0.05, 0) is 48.6 Å². The van der Waals surface area contributed by atoms with Crippen LogP contribution < -0.4 is 5.32 Å². The second-order valence-corrected chi connectivity index (χ2v) is 5.84. The van der Waals surface area contributed by atoms with Gasteiger partial charge in [-0.15, -0.1) is 0 Å². The minimum atomic E-state index is -0.140. The third-order valence-corrected chi connectivity index (χ3v) is 4.24. The lowest BCUT2D eigenvalue weighted by atomic mass is 9.93. The number of aliphatic hydroxyl groups is 1. The second-order valence-electron chi connectivity index (χ2n) is 4.18. The molecule has 2 rings (SSSR count). The van der Waals surface area contributed by atoms with E-state index >= 15 is 0 Å². The Morgan fingerprint density at radius 1 is 1.25 bits per heavy atom. The Bertz CT molecular complexity index is 335. The summed E-state index contributed by atoms with van der Waals surface area (Å²) in [7, 11) is 0. The summed E-state index contributed by atoms with van der Waals surface area (Å²) in [6, 6.07) is 7.65. The van der Waals surface area contributed by atoms with Crippen molar-refractivity contribution in [3.63, 3.8) is 0 Å². The maximum absolute atomic E-state index is 9.56. The number of hydrogen-bond acceptors (Lipinski definition) is 3. The number of thioether (sulfide) groups is 1. The fourth-order valence-electron chi connectivity index (χ4n) is 1.92. The lowest BCUT2D eigenvalue weighted by Crippen LogP contribution is -2.45. The highest BCUT2D eigenvalue weighted by atomic mass is 35.5. The molecule has 88 valence electrons. The molecule has 2 nitrogen and oxygen atoms in total. The molecule has 1 aliphatic rings. The zero-order valence-electron chi connectivity index (χ0n) is 9.08. The SMILES string of the molecule is OCC1(Nc2ccc(Cl)cc2)CCSCC1. The molecule has 0 atom stereocenters. The molecule has 1 saturated heterocycles. The molecule has 0 unspecified atom stereocenters. The lowest BCUT2D eigenvalue weighted by Gasteiger charge is -2.37. The molecular weight excluding hydrogens is 242 g/mol. The van der Waals surface area contributed by atoms with Gasteiger partial charge in [0.05, 0.1) is 12.1 Å². The van der Waals surface area contributed by atoms with Crippen LogP contribution in [-0.2, 0) is 0 Å². The molecule has 1 aromatic rings. The van der Waals surface area contributed by atoms with Crippen LogP contribution in [0.3, 0.4) is 0 Å². The third-order valence-electron chi connectivity index (χ3n) is 3.01. The van der Waals surface area contributed by atoms with E-state index in [0.29, 0.717) is 0 Å². The molecule has 2 N–H and O–H groups in total. The molecule has 4 heteroatoms. The summed E-state index contributed by atoms with van der Waals surface area (Å²) in [5, 5.41) is 13.7. The molecule has 0 saturated carbocycles. The van der Waals surface area contributed by atoms with Gasteiger partial charge in [-0.3, -0.25) is 0 Å². The zero-order chi connectivity index (χ0) is 11.4. The second kappa shape index (κ2) is 5.30. The van der Waals surface area contributed by atoms with Crippen molar-refractivity contribution in [2.75, 3.05) is 23.4 Å². The van der Waals surface area contributed by atoms with Crippen molar-refractivity contribution >= 4 is 29.1 Å². The maximum Gasteiger partial charge on any atom is 0.0662 e. The molecule has 1 heterocycles. The first kappa shape index (κ1) is 12.1. The largest absolute Gasteiger partial charge is 0.394 e. The van der Waals surface area contributed by atoms with Crippen molar-refractivity contribution in [3.8, 4) is 0 Å². The van der Waals surface area contributed by atoms with Gasteiger partial charge in [0.15, 0.2) is 0 Å². The molecule has 1 aromatic carbocycles. The van der Waals surface area contributed by atoms with Crippen LogP contribution in [0, 0.1) is 0 Å². The Hall–Kier alpha value is -0.380. The molecule has 0 radical (unpaired) electrons. The van der Waals surface area contributed by atoms with Gasteiger partial charge in [0.25, 0.3) is 0 Å². The number of halogens is 1. The van der Waals surface area contributed by atoms with E-state index in [4.69, 9.17) is 11.6 Å². The van der Waals surface area contributed by atoms with Gasteiger partial charge in [-0.25, -0.2) is 0 Å². The average molecular weight is 258 g/mol. The normalized spacial score (nSPS) is 19.4. The molecule has 0 amide bonds.